The number of ether oxygens (including phenoxy) is 1. The van der Waals surface area contributed by atoms with Crippen molar-refractivity contribution in [3.8, 4) is 17.3 Å². The van der Waals surface area contributed by atoms with Gasteiger partial charge >= 0.3 is 0 Å². The van der Waals surface area contributed by atoms with Gasteiger partial charge in [-0.25, -0.2) is 9.97 Å². The molecule has 2 aromatic heterocycles. The van der Waals surface area contributed by atoms with Crippen LogP contribution in [-0.4, -0.2) is 45.3 Å². The van der Waals surface area contributed by atoms with Crippen LogP contribution in [0.25, 0.3) is 11.6 Å². The minimum absolute atomic E-state index is 0.138. The van der Waals surface area contributed by atoms with E-state index in [0.717, 1.165) is 22.4 Å². The molecule has 0 saturated heterocycles. The van der Waals surface area contributed by atoms with Crippen molar-refractivity contribution in [3.63, 3.8) is 0 Å². The molecule has 1 spiro atoms. The highest BCUT2D eigenvalue weighted by Gasteiger charge is 2.61. The van der Waals surface area contributed by atoms with Gasteiger partial charge in [-0.15, -0.1) is 0 Å². The van der Waals surface area contributed by atoms with Gasteiger partial charge in [-0.2, -0.15) is 0 Å². The second kappa shape index (κ2) is 10.2. The smallest absolute Gasteiger partial charge is 0.249 e. The van der Waals surface area contributed by atoms with Gasteiger partial charge in [0.15, 0.2) is 17.7 Å². The molecule has 11 nitrogen and oxygen atoms in total. The number of amides is 2. The van der Waals surface area contributed by atoms with E-state index in [1.165, 1.54) is 0 Å². The number of aromatic nitrogens is 2. The standard InChI is InChI=1S/C33H35N5O6/c1-15(2)24-31-38-25(30-34-17(5)14-42-30)27(44-31)33-19-8-6-7-9-21(19)36-32(33)43-23-11-10-18(12-20(23)33)13-22(28(40)37-24)35-29(41)26(39)16(3)4/h6-12,14-16,22,24,26,32,36,39H,13H2,1-5H3,(H,35,41)(H,37,40)/t22-,24-,26-,32-,33?/m0/s1. The number of aliphatic hydroxyl groups excluding tert-OH is 1. The van der Waals surface area contributed by atoms with Crippen LogP contribution in [0, 0.1) is 18.8 Å². The van der Waals surface area contributed by atoms with Crippen LogP contribution in [-0.2, 0) is 21.4 Å². The summed E-state index contributed by atoms with van der Waals surface area (Å²) in [5.74, 6) is 0.252. The van der Waals surface area contributed by atoms with Crippen LogP contribution in [0.2, 0.25) is 0 Å². The second-order valence-corrected chi connectivity index (χ2v) is 12.5. The van der Waals surface area contributed by atoms with Gasteiger partial charge in [0.25, 0.3) is 0 Å². The number of anilines is 1. The number of rotatable bonds is 5. The molecule has 5 atom stereocenters. The van der Waals surface area contributed by atoms with Crippen LogP contribution in [0.3, 0.4) is 0 Å². The number of hydrogen-bond donors (Lipinski definition) is 4. The third-order valence-corrected chi connectivity index (χ3v) is 8.77. The monoisotopic (exact) mass is 597 g/mol. The molecule has 1 unspecified atom stereocenters. The Morgan fingerprint density at radius 1 is 1.09 bits per heavy atom. The maximum Gasteiger partial charge on any atom is 0.249 e. The number of carbonyl (C=O) groups excluding carboxylic acids is 2. The zero-order valence-electron chi connectivity index (χ0n) is 25.2. The van der Waals surface area contributed by atoms with Crippen LogP contribution in [0.4, 0.5) is 5.69 Å². The van der Waals surface area contributed by atoms with E-state index in [-0.39, 0.29) is 24.1 Å². The Bertz CT molecular complexity index is 1780. The van der Waals surface area contributed by atoms with Crippen LogP contribution >= 0.6 is 0 Å². The predicted octanol–water partition coefficient (Wildman–Crippen LogP) is 3.99. The number of carbonyl (C=O) groups is 2. The van der Waals surface area contributed by atoms with Gasteiger partial charge in [-0.05, 0) is 42.0 Å². The molecule has 4 bridgehead atoms. The zero-order chi connectivity index (χ0) is 30.9. The summed E-state index contributed by atoms with van der Waals surface area (Å²) in [6, 6.07) is 12.1. The van der Waals surface area contributed by atoms with Crippen LogP contribution < -0.4 is 20.7 Å². The fraction of sp³-hybridized carbons (Fsp3) is 0.394. The molecule has 5 heterocycles. The molecule has 4 aromatic rings. The minimum Gasteiger partial charge on any atom is -0.469 e. The van der Waals surface area contributed by atoms with Crippen molar-refractivity contribution in [2.24, 2.45) is 11.8 Å². The molecular formula is C33H35N5O6. The summed E-state index contributed by atoms with van der Waals surface area (Å²) >= 11 is 0. The third-order valence-electron chi connectivity index (χ3n) is 8.77. The first-order chi connectivity index (χ1) is 21.1. The summed E-state index contributed by atoms with van der Waals surface area (Å²) in [5.41, 5.74) is 3.61. The molecule has 2 amide bonds. The lowest BCUT2D eigenvalue weighted by Gasteiger charge is -2.29. The fourth-order valence-electron chi connectivity index (χ4n) is 6.47. The summed E-state index contributed by atoms with van der Waals surface area (Å²) in [6.07, 6.45) is -0.0682. The van der Waals surface area contributed by atoms with Gasteiger partial charge in [0.05, 0.1) is 5.69 Å². The quantitative estimate of drug-likeness (QED) is 0.268. The lowest BCUT2D eigenvalue weighted by molar-refractivity contribution is -0.135. The van der Waals surface area contributed by atoms with Gasteiger partial charge in [0.1, 0.15) is 35.6 Å². The largest absolute Gasteiger partial charge is 0.469 e. The van der Waals surface area contributed by atoms with E-state index >= 15 is 0 Å². The van der Waals surface area contributed by atoms with Crippen molar-refractivity contribution in [2.45, 2.75) is 70.9 Å². The number of hydrogen-bond acceptors (Lipinski definition) is 9. The minimum atomic E-state index is -1.26. The highest BCUT2D eigenvalue weighted by Crippen LogP contribution is 2.59. The van der Waals surface area contributed by atoms with Gasteiger partial charge in [0.2, 0.25) is 23.6 Å². The number of nitrogens with zero attached hydrogens (tertiary/aromatic N) is 2. The summed E-state index contributed by atoms with van der Waals surface area (Å²) in [7, 11) is 0. The van der Waals surface area contributed by atoms with E-state index in [1.807, 2.05) is 63.2 Å². The number of fused-ring (bicyclic) bond motifs is 4. The van der Waals surface area contributed by atoms with E-state index in [4.69, 9.17) is 18.6 Å². The lowest BCUT2D eigenvalue weighted by atomic mass is 9.72. The summed E-state index contributed by atoms with van der Waals surface area (Å²) in [6.45, 7) is 9.25. The maximum absolute atomic E-state index is 13.9. The van der Waals surface area contributed by atoms with Gasteiger partial charge in [0, 0.05) is 17.7 Å². The number of benzene rings is 2. The summed E-state index contributed by atoms with van der Waals surface area (Å²) in [5, 5.41) is 19.9. The van der Waals surface area contributed by atoms with E-state index in [0.29, 0.717) is 28.8 Å². The first-order valence-corrected chi connectivity index (χ1v) is 15.0. The van der Waals surface area contributed by atoms with Crippen LogP contribution in [0.5, 0.6) is 5.75 Å². The molecule has 2 aromatic carbocycles. The van der Waals surface area contributed by atoms with Crippen molar-refractivity contribution >= 4 is 17.5 Å². The summed E-state index contributed by atoms with van der Waals surface area (Å²) in [4.78, 5) is 36.5. The molecule has 11 heteroatoms. The van der Waals surface area contributed by atoms with Gasteiger partial charge in [-0.1, -0.05) is 58.0 Å². The molecule has 0 saturated carbocycles. The highest BCUT2D eigenvalue weighted by atomic mass is 16.5. The van der Waals surface area contributed by atoms with Crippen molar-refractivity contribution < 1.29 is 28.3 Å². The third kappa shape index (κ3) is 4.21. The van der Waals surface area contributed by atoms with Gasteiger partial charge in [-0.3, -0.25) is 9.59 Å². The second-order valence-electron chi connectivity index (χ2n) is 12.5. The maximum atomic E-state index is 13.9. The normalized spacial score (nSPS) is 24.0. The Kier molecular flexibility index (Phi) is 6.54. The van der Waals surface area contributed by atoms with Crippen molar-refractivity contribution in [1.29, 1.82) is 0 Å². The Morgan fingerprint density at radius 3 is 2.61 bits per heavy atom. The first kappa shape index (κ1) is 28.1. The highest BCUT2D eigenvalue weighted by molar-refractivity contribution is 5.90. The molecule has 44 heavy (non-hydrogen) atoms. The average molecular weight is 598 g/mol. The van der Waals surface area contributed by atoms with Crippen molar-refractivity contribution in [2.75, 3.05) is 5.32 Å². The Morgan fingerprint density at radius 2 is 1.89 bits per heavy atom. The number of aliphatic hydroxyl groups is 1. The molecule has 0 radical (unpaired) electrons. The number of para-hydroxylation sites is 1. The molecular weight excluding hydrogens is 562 g/mol. The Labute approximate surface area is 254 Å². The topological polar surface area (TPSA) is 152 Å². The van der Waals surface area contributed by atoms with E-state index < -0.39 is 41.6 Å². The van der Waals surface area contributed by atoms with Crippen molar-refractivity contribution in [3.05, 3.63) is 82.8 Å². The van der Waals surface area contributed by atoms with Crippen LogP contribution in [0.15, 0.2) is 57.6 Å². The predicted molar refractivity (Wildman–Crippen MR) is 160 cm³/mol. The Hall–Kier alpha value is -4.64. The molecule has 3 aliphatic heterocycles. The number of oxazole rings is 2. The first-order valence-electron chi connectivity index (χ1n) is 15.0. The molecule has 0 aliphatic carbocycles. The molecule has 4 N–H and O–H groups in total. The summed E-state index contributed by atoms with van der Waals surface area (Å²) < 4.78 is 19.2. The van der Waals surface area contributed by atoms with Crippen LogP contribution in [0.1, 0.15) is 67.8 Å². The zero-order valence-corrected chi connectivity index (χ0v) is 25.2. The van der Waals surface area contributed by atoms with E-state index in [9.17, 15) is 14.7 Å². The van der Waals surface area contributed by atoms with Gasteiger partial charge < -0.3 is 34.6 Å². The average Bonchev–Trinajstić information content (AvgIpc) is 3.75. The molecule has 228 valence electrons. The number of aryl methyl sites for hydroxylation is 1. The molecule has 7 rings (SSSR count). The lowest BCUT2D eigenvalue weighted by Crippen LogP contribution is -2.52. The Balaban J connectivity index is 1.48. The molecule has 0 fully saturated rings. The molecule has 3 aliphatic rings. The SMILES string of the molecule is Cc1coc(-c2nc3oc2C24c5ccccc5N[C@H]2Oc2ccc(cc24)C[C@H](NC(=O)[C@@H](O)C(C)C)C(=O)N[C@H]3C(C)C)n1. The van der Waals surface area contributed by atoms with E-state index in [1.54, 1.807) is 20.1 Å². The van der Waals surface area contributed by atoms with E-state index in [2.05, 4.69) is 20.9 Å². The van der Waals surface area contributed by atoms with Crippen molar-refractivity contribution in [1.82, 2.24) is 20.6 Å². The fourth-order valence-corrected chi connectivity index (χ4v) is 6.47. The number of nitrogens with one attached hydrogen (secondary N) is 3.